The monoisotopic (exact) mass is 307 g/mol. The normalized spacial score (nSPS) is 32.2. The van der Waals surface area contributed by atoms with Crippen molar-refractivity contribution in [1.82, 2.24) is 0 Å². The molecule has 2 aliphatic heterocycles. The van der Waals surface area contributed by atoms with Gasteiger partial charge in [0.15, 0.2) is 0 Å². The molecule has 1 aromatic rings. The second-order valence-electron chi connectivity index (χ2n) is 6.23. The van der Waals surface area contributed by atoms with Crippen LogP contribution in [-0.4, -0.2) is 36.9 Å². The van der Waals surface area contributed by atoms with Gasteiger partial charge in [0.25, 0.3) is 0 Å². The van der Waals surface area contributed by atoms with E-state index in [1.165, 1.54) is 17.7 Å². The third-order valence-corrected chi connectivity index (χ3v) is 6.10. The van der Waals surface area contributed by atoms with Crippen molar-refractivity contribution in [1.29, 1.82) is 0 Å². The lowest BCUT2D eigenvalue weighted by Crippen LogP contribution is -2.47. The Kier molecular flexibility index (Phi) is 4.89. The molecule has 2 aliphatic rings. The predicted octanol–water partition coefficient (Wildman–Crippen LogP) is 3.00. The number of hydrogen-bond acceptors (Lipinski definition) is 4. The molecule has 0 bridgehead atoms. The van der Waals surface area contributed by atoms with E-state index in [1.54, 1.807) is 7.11 Å². The maximum atomic E-state index is 6.60. The van der Waals surface area contributed by atoms with Crippen LogP contribution in [0.4, 0.5) is 0 Å². The fourth-order valence-corrected chi connectivity index (χ4v) is 5.04. The van der Waals surface area contributed by atoms with Crippen LogP contribution in [0.25, 0.3) is 0 Å². The van der Waals surface area contributed by atoms with Gasteiger partial charge < -0.3 is 15.2 Å². The largest absolute Gasteiger partial charge is 0.375 e. The second-order valence-corrected chi connectivity index (χ2v) is 7.34. The van der Waals surface area contributed by atoms with Crippen LogP contribution < -0.4 is 5.73 Å². The van der Waals surface area contributed by atoms with E-state index >= 15 is 0 Å². The summed E-state index contributed by atoms with van der Waals surface area (Å²) in [6.07, 6.45) is 3.26. The van der Waals surface area contributed by atoms with Crippen LogP contribution in [0.3, 0.4) is 0 Å². The van der Waals surface area contributed by atoms with Crippen molar-refractivity contribution in [2.45, 2.75) is 37.0 Å². The van der Waals surface area contributed by atoms with E-state index in [0.29, 0.717) is 5.92 Å². The number of hydrogen-bond donors (Lipinski definition) is 1. The van der Waals surface area contributed by atoms with Crippen molar-refractivity contribution in [2.24, 2.45) is 11.7 Å². The van der Waals surface area contributed by atoms with Gasteiger partial charge in [-0.25, -0.2) is 0 Å². The van der Waals surface area contributed by atoms with Crippen LogP contribution in [0.1, 0.15) is 30.9 Å². The van der Waals surface area contributed by atoms with Gasteiger partial charge in [0.1, 0.15) is 0 Å². The zero-order valence-electron chi connectivity index (χ0n) is 12.7. The number of rotatable bonds is 4. The van der Waals surface area contributed by atoms with Crippen molar-refractivity contribution >= 4 is 11.8 Å². The zero-order valence-corrected chi connectivity index (χ0v) is 13.5. The Labute approximate surface area is 131 Å². The van der Waals surface area contributed by atoms with E-state index in [0.717, 1.165) is 25.2 Å². The number of thioether (sulfide) groups is 1. The highest BCUT2D eigenvalue weighted by molar-refractivity contribution is 7.99. The standard InChI is InChI=1S/C17H25NO2S/c1-19-16(13-5-3-2-4-6-13)15(18)14-7-9-20-17(11-14)8-10-21-12-17/h2-6,14-16H,7-12,18H2,1H3. The van der Waals surface area contributed by atoms with Gasteiger partial charge in [-0.1, -0.05) is 30.3 Å². The molecular weight excluding hydrogens is 282 g/mol. The molecule has 21 heavy (non-hydrogen) atoms. The van der Waals surface area contributed by atoms with Crippen LogP contribution in [-0.2, 0) is 9.47 Å². The summed E-state index contributed by atoms with van der Waals surface area (Å²) in [5.41, 5.74) is 7.86. The molecule has 2 N–H and O–H groups in total. The van der Waals surface area contributed by atoms with Gasteiger partial charge >= 0.3 is 0 Å². The molecule has 0 aliphatic carbocycles. The van der Waals surface area contributed by atoms with Gasteiger partial charge in [-0.05, 0) is 36.5 Å². The van der Waals surface area contributed by atoms with E-state index in [4.69, 9.17) is 15.2 Å². The van der Waals surface area contributed by atoms with Gasteiger partial charge in [-0.2, -0.15) is 11.8 Å². The molecule has 4 atom stereocenters. The highest BCUT2D eigenvalue weighted by Gasteiger charge is 2.43. The lowest BCUT2D eigenvalue weighted by atomic mass is 9.79. The maximum Gasteiger partial charge on any atom is 0.0974 e. The van der Waals surface area contributed by atoms with Gasteiger partial charge in [0, 0.05) is 25.5 Å². The molecule has 0 saturated carbocycles. The van der Waals surface area contributed by atoms with Crippen LogP contribution in [0.2, 0.25) is 0 Å². The topological polar surface area (TPSA) is 44.5 Å². The minimum absolute atomic E-state index is 0.0274. The molecule has 2 saturated heterocycles. The van der Waals surface area contributed by atoms with Crippen molar-refractivity contribution in [2.75, 3.05) is 25.2 Å². The van der Waals surface area contributed by atoms with Gasteiger partial charge in [0.05, 0.1) is 11.7 Å². The summed E-state index contributed by atoms with van der Waals surface area (Å²) in [4.78, 5) is 0. The zero-order chi connectivity index (χ0) is 14.7. The van der Waals surface area contributed by atoms with E-state index in [9.17, 15) is 0 Å². The fraction of sp³-hybridized carbons (Fsp3) is 0.647. The minimum atomic E-state index is -0.0274. The minimum Gasteiger partial charge on any atom is -0.375 e. The summed E-state index contributed by atoms with van der Waals surface area (Å²) in [5, 5.41) is 0. The molecule has 4 heteroatoms. The summed E-state index contributed by atoms with van der Waals surface area (Å²) < 4.78 is 11.8. The van der Waals surface area contributed by atoms with Crippen molar-refractivity contribution in [3.8, 4) is 0 Å². The second kappa shape index (κ2) is 6.69. The first-order valence-electron chi connectivity index (χ1n) is 7.79. The quantitative estimate of drug-likeness (QED) is 0.929. The van der Waals surface area contributed by atoms with Crippen LogP contribution in [0.15, 0.2) is 30.3 Å². The molecule has 0 radical (unpaired) electrons. The first-order chi connectivity index (χ1) is 10.2. The molecule has 1 spiro atoms. The van der Waals surface area contributed by atoms with Crippen LogP contribution in [0.5, 0.6) is 0 Å². The summed E-state index contributed by atoms with van der Waals surface area (Å²) in [7, 11) is 1.76. The third-order valence-electron chi connectivity index (χ3n) is 4.87. The smallest absolute Gasteiger partial charge is 0.0974 e. The summed E-state index contributed by atoms with van der Waals surface area (Å²) >= 11 is 2.01. The molecule has 0 amide bonds. The Morgan fingerprint density at radius 3 is 2.86 bits per heavy atom. The SMILES string of the molecule is COC(c1ccccc1)C(N)C1CCOC2(CCSC2)C1. The lowest BCUT2D eigenvalue weighted by molar-refractivity contribution is -0.0920. The van der Waals surface area contributed by atoms with Gasteiger partial charge in [-0.3, -0.25) is 0 Å². The average molecular weight is 307 g/mol. The Morgan fingerprint density at radius 2 is 2.19 bits per heavy atom. The van der Waals surface area contributed by atoms with Gasteiger partial charge in [0.2, 0.25) is 0 Å². The van der Waals surface area contributed by atoms with E-state index in [-0.39, 0.29) is 17.7 Å². The van der Waals surface area contributed by atoms with Gasteiger partial charge in [-0.15, -0.1) is 0 Å². The van der Waals surface area contributed by atoms with Crippen molar-refractivity contribution < 1.29 is 9.47 Å². The first-order valence-corrected chi connectivity index (χ1v) is 8.95. The number of benzene rings is 1. The van der Waals surface area contributed by atoms with Crippen LogP contribution >= 0.6 is 11.8 Å². The maximum absolute atomic E-state index is 6.60. The number of methoxy groups -OCH3 is 1. The fourth-order valence-electron chi connectivity index (χ4n) is 3.66. The average Bonchev–Trinajstić information content (AvgIpc) is 2.97. The Balaban J connectivity index is 1.72. The molecule has 116 valence electrons. The lowest BCUT2D eigenvalue weighted by Gasteiger charge is -2.41. The van der Waals surface area contributed by atoms with Crippen molar-refractivity contribution in [3.63, 3.8) is 0 Å². The molecule has 2 heterocycles. The Bertz CT molecular complexity index is 447. The summed E-state index contributed by atoms with van der Waals surface area (Å²) in [6.45, 7) is 0.837. The molecule has 2 fully saturated rings. The summed E-state index contributed by atoms with van der Waals surface area (Å²) in [6, 6.07) is 10.4. The first kappa shape index (κ1) is 15.3. The highest BCUT2D eigenvalue weighted by Crippen LogP contribution is 2.42. The van der Waals surface area contributed by atoms with E-state index in [2.05, 4.69) is 12.1 Å². The Morgan fingerprint density at radius 1 is 1.38 bits per heavy atom. The molecule has 0 aromatic heterocycles. The number of ether oxygens (including phenoxy) is 2. The molecule has 3 rings (SSSR count). The summed E-state index contributed by atoms with van der Waals surface area (Å²) in [5.74, 6) is 2.82. The molecule has 1 aromatic carbocycles. The predicted molar refractivity (Wildman–Crippen MR) is 87.5 cm³/mol. The third kappa shape index (κ3) is 3.29. The molecule has 3 nitrogen and oxygen atoms in total. The Hall–Kier alpha value is -0.550. The number of nitrogens with two attached hydrogens (primary N) is 1. The van der Waals surface area contributed by atoms with Crippen molar-refractivity contribution in [3.05, 3.63) is 35.9 Å². The molecular formula is C17H25NO2S. The van der Waals surface area contributed by atoms with E-state index in [1.807, 2.05) is 30.0 Å². The molecule has 4 unspecified atom stereocenters. The highest BCUT2D eigenvalue weighted by atomic mass is 32.2. The van der Waals surface area contributed by atoms with Crippen LogP contribution in [0, 0.1) is 5.92 Å². The van der Waals surface area contributed by atoms with E-state index < -0.39 is 0 Å².